The number of likely N-dealkylation sites (tertiary alicyclic amines) is 1. The number of nitrogens with zero attached hydrogens (tertiary/aromatic N) is 1. The number of benzene rings is 1. The van der Waals surface area contributed by atoms with Crippen LogP contribution in [-0.4, -0.2) is 43.5 Å². The van der Waals surface area contributed by atoms with Crippen LogP contribution in [0.15, 0.2) is 30.3 Å². The first kappa shape index (κ1) is 19.2. The van der Waals surface area contributed by atoms with Gasteiger partial charge in [-0.1, -0.05) is 30.3 Å². The zero-order valence-electron chi connectivity index (χ0n) is 14.2. The smallest absolute Gasteiger partial charge is 0.223 e. The van der Waals surface area contributed by atoms with Crippen molar-refractivity contribution in [2.24, 2.45) is 5.92 Å². The van der Waals surface area contributed by atoms with E-state index in [-0.39, 0.29) is 12.4 Å². The first-order valence-corrected chi connectivity index (χ1v) is 8.86. The number of rotatable bonds is 6. The molecule has 0 aromatic heterocycles. The Morgan fingerprint density at radius 3 is 2.67 bits per heavy atom. The quantitative estimate of drug-likeness (QED) is 0.684. The molecule has 2 saturated heterocycles. The zero-order valence-corrected chi connectivity index (χ0v) is 15.0. The van der Waals surface area contributed by atoms with Gasteiger partial charge in [-0.15, -0.1) is 12.4 Å². The summed E-state index contributed by atoms with van der Waals surface area (Å²) in [4.78, 5) is 14.2. The summed E-state index contributed by atoms with van der Waals surface area (Å²) in [6.07, 6.45) is 4.21. The lowest BCUT2D eigenvalue weighted by Crippen LogP contribution is -2.38. The Balaban J connectivity index is 0.00000208. The number of hydrogen-bond donors (Lipinski definition) is 3. The molecule has 0 spiro atoms. The van der Waals surface area contributed by atoms with Gasteiger partial charge in [-0.3, -0.25) is 10.2 Å². The molecule has 134 valence electrons. The number of carbonyl (C=O) groups is 1. The van der Waals surface area contributed by atoms with Crippen molar-refractivity contribution in [3.63, 3.8) is 0 Å². The van der Waals surface area contributed by atoms with E-state index in [9.17, 15) is 4.79 Å². The van der Waals surface area contributed by atoms with Gasteiger partial charge < -0.3 is 10.2 Å². The normalized spacial score (nSPS) is 23.8. The third kappa shape index (κ3) is 5.18. The fourth-order valence-corrected chi connectivity index (χ4v) is 3.53. The summed E-state index contributed by atoms with van der Waals surface area (Å²) in [5, 5.41) is 3.47. The molecule has 0 aliphatic carbocycles. The van der Waals surface area contributed by atoms with Gasteiger partial charge in [0.05, 0.1) is 6.04 Å². The van der Waals surface area contributed by atoms with Gasteiger partial charge in [-0.25, -0.2) is 5.43 Å². The molecule has 2 fully saturated rings. The summed E-state index contributed by atoms with van der Waals surface area (Å²) in [5.74, 6) is 0.807. The van der Waals surface area contributed by atoms with Crippen molar-refractivity contribution in [1.29, 1.82) is 0 Å². The molecule has 1 aromatic rings. The lowest BCUT2D eigenvalue weighted by Gasteiger charge is -2.27. The number of piperidine rings is 1. The van der Waals surface area contributed by atoms with E-state index < -0.39 is 0 Å². The molecule has 0 radical (unpaired) electrons. The third-order valence-electron chi connectivity index (χ3n) is 4.88. The Morgan fingerprint density at radius 2 is 1.92 bits per heavy atom. The van der Waals surface area contributed by atoms with Crippen LogP contribution < -0.4 is 16.2 Å². The molecule has 24 heavy (non-hydrogen) atoms. The number of hydrogen-bond acceptors (Lipinski definition) is 4. The Bertz CT molecular complexity index is 493. The van der Waals surface area contributed by atoms with Crippen LogP contribution in [0.2, 0.25) is 0 Å². The molecule has 3 rings (SSSR count). The first-order chi connectivity index (χ1) is 11.3. The number of hydrazine groups is 1. The van der Waals surface area contributed by atoms with Crippen LogP contribution in [0.3, 0.4) is 0 Å². The monoisotopic (exact) mass is 352 g/mol. The molecule has 0 saturated carbocycles. The van der Waals surface area contributed by atoms with Gasteiger partial charge in [0.2, 0.25) is 5.91 Å². The van der Waals surface area contributed by atoms with Crippen LogP contribution in [-0.2, 0) is 4.79 Å². The van der Waals surface area contributed by atoms with E-state index in [1.807, 2.05) is 11.0 Å². The highest BCUT2D eigenvalue weighted by Gasteiger charge is 2.27. The average molecular weight is 353 g/mol. The van der Waals surface area contributed by atoms with E-state index in [2.05, 4.69) is 40.4 Å². The number of halogens is 1. The van der Waals surface area contributed by atoms with E-state index in [1.165, 1.54) is 12.0 Å². The second-order valence-electron chi connectivity index (χ2n) is 6.57. The van der Waals surface area contributed by atoms with Crippen molar-refractivity contribution in [2.75, 3.05) is 32.7 Å². The largest absolute Gasteiger partial charge is 0.343 e. The molecule has 2 unspecified atom stereocenters. The fourth-order valence-electron chi connectivity index (χ4n) is 3.53. The predicted molar refractivity (Wildman–Crippen MR) is 99.0 cm³/mol. The highest BCUT2D eigenvalue weighted by molar-refractivity contribution is 5.85. The molecule has 1 amide bonds. The van der Waals surface area contributed by atoms with Gasteiger partial charge in [0, 0.05) is 45.1 Å². The van der Waals surface area contributed by atoms with Gasteiger partial charge in [0.15, 0.2) is 0 Å². The second-order valence-corrected chi connectivity index (χ2v) is 6.57. The van der Waals surface area contributed by atoms with E-state index in [4.69, 9.17) is 0 Å². The van der Waals surface area contributed by atoms with Crippen molar-refractivity contribution in [2.45, 2.75) is 31.7 Å². The molecular formula is C18H29ClN4O. The van der Waals surface area contributed by atoms with Crippen molar-refractivity contribution >= 4 is 18.3 Å². The van der Waals surface area contributed by atoms with Crippen molar-refractivity contribution < 1.29 is 4.79 Å². The maximum absolute atomic E-state index is 12.1. The maximum Gasteiger partial charge on any atom is 0.223 e. The molecule has 2 heterocycles. The molecule has 2 atom stereocenters. The lowest BCUT2D eigenvalue weighted by atomic mass is 9.95. The Labute approximate surface area is 150 Å². The van der Waals surface area contributed by atoms with E-state index in [0.717, 1.165) is 45.6 Å². The SMILES string of the molecule is Cl.O=C(CCNCC1CNNC1c1ccccc1)N1CCCCC1. The van der Waals surface area contributed by atoms with Crippen LogP contribution >= 0.6 is 12.4 Å². The highest BCUT2D eigenvalue weighted by atomic mass is 35.5. The van der Waals surface area contributed by atoms with Crippen molar-refractivity contribution in [1.82, 2.24) is 21.1 Å². The molecule has 2 aliphatic heterocycles. The first-order valence-electron chi connectivity index (χ1n) is 8.86. The molecule has 6 heteroatoms. The minimum absolute atomic E-state index is 0. The van der Waals surface area contributed by atoms with E-state index in [0.29, 0.717) is 24.3 Å². The molecule has 0 bridgehead atoms. The summed E-state index contributed by atoms with van der Waals surface area (Å²) >= 11 is 0. The van der Waals surface area contributed by atoms with Gasteiger partial charge in [-0.05, 0) is 24.8 Å². The zero-order chi connectivity index (χ0) is 15.9. The van der Waals surface area contributed by atoms with Crippen LogP contribution in [0, 0.1) is 5.92 Å². The molecule has 5 nitrogen and oxygen atoms in total. The lowest BCUT2D eigenvalue weighted by molar-refractivity contribution is -0.131. The molecule has 2 aliphatic rings. The van der Waals surface area contributed by atoms with Crippen LogP contribution in [0.5, 0.6) is 0 Å². The highest BCUT2D eigenvalue weighted by Crippen LogP contribution is 2.23. The Hall–Kier alpha value is -1.14. The summed E-state index contributed by atoms with van der Waals surface area (Å²) in [6.45, 7) is 4.55. The predicted octanol–water partition coefficient (Wildman–Crippen LogP) is 1.87. The molecular weight excluding hydrogens is 324 g/mol. The van der Waals surface area contributed by atoms with Gasteiger partial charge >= 0.3 is 0 Å². The minimum atomic E-state index is 0. The van der Waals surface area contributed by atoms with Crippen LogP contribution in [0.25, 0.3) is 0 Å². The summed E-state index contributed by atoms with van der Waals surface area (Å²) in [6, 6.07) is 10.9. The topological polar surface area (TPSA) is 56.4 Å². The van der Waals surface area contributed by atoms with E-state index >= 15 is 0 Å². The fraction of sp³-hybridized carbons (Fsp3) is 0.611. The van der Waals surface area contributed by atoms with Crippen molar-refractivity contribution in [3.05, 3.63) is 35.9 Å². The van der Waals surface area contributed by atoms with Crippen LogP contribution in [0.4, 0.5) is 0 Å². The minimum Gasteiger partial charge on any atom is -0.343 e. The third-order valence-corrected chi connectivity index (χ3v) is 4.88. The molecule has 1 aromatic carbocycles. The van der Waals surface area contributed by atoms with Crippen LogP contribution in [0.1, 0.15) is 37.3 Å². The Kier molecular flexibility index (Phi) is 7.99. The number of amides is 1. The number of nitrogens with one attached hydrogen (secondary N) is 3. The summed E-state index contributed by atoms with van der Waals surface area (Å²) in [7, 11) is 0. The molecule has 3 N–H and O–H groups in total. The average Bonchev–Trinajstić information content (AvgIpc) is 3.08. The number of carbonyl (C=O) groups excluding carboxylic acids is 1. The van der Waals surface area contributed by atoms with Crippen molar-refractivity contribution in [3.8, 4) is 0 Å². The van der Waals surface area contributed by atoms with Gasteiger partial charge in [-0.2, -0.15) is 0 Å². The second kappa shape index (κ2) is 9.99. The summed E-state index contributed by atoms with van der Waals surface area (Å²) in [5.41, 5.74) is 7.93. The Morgan fingerprint density at radius 1 is 1.17 bits per heavy atom. The maximum atomic E-state index is 12.1. The summed E-state index contributed by atoms with van der Waals surface area (Å²) < 4.78 is 0. The standard InChI is InChI=1S/C18H28N4O.ClH/c23-17(22-11-5-2-6-12-22)9-10-19-13-16-14-20-21-18(16)15-7-3-1-4-8-15;/h1,3-4,7-8,16,18-21H,2,5-6,9-14H2;1H. The van der Waals surface area contributed by atoms with Gasteiger partial charge in [0.25, 0.3) is 0 Å². The van der Waals surface area contributed by atoms with Gasteiger partial charge in [0.1, 0.15) is 0 Å². The van der Waals surface area contributed by atoms with E-state index in [1.54, 1.807) is 0 Å².